The van der Waals surface area contributed by atoms with Gasteiger partial charge in [-0.1, -0.05) is 78.7 Å². The van der Waals surface area contributed by atoms with E-state index in [1.165, 1.54) is 11.1 Å². The summed E-state index contributed by atoms with van der Waals surface area (Å²) in [6, 6.07) is 24.6. The molecule has 1 aliphatic carbocycles. The lowest BCUT2D eigenvalue weighted by molar-refractivity contribution is -0.120. The van der Waals surface area contributed by atoms with Crippen LogP contribution in [0.15, 0.2) is 72.8 Å². The molecule has 2 aliphatic heterocycles. The second-order valence-corrected chi connectivity index (χ2v) is 10.1. The lowest BCUT2D eigenvalue weighted by atomic mass is 9.60. The second kappa shape index (κ2) is 7.93. The molecule has 0 amide bonds. The zero-order valence-corrected chi connectivity index (χ0v) is 19.6. The van der Waals surface area contributed by atoms with Gasteiger partial charge in [-0.15, -0.1) is 0 Å². The molecule has 168 valence electrons. The lowest BCUT2D eigenvalue weighted by Crippen LogP contribution is -2.73. The largest absolute Gasteiger partial charge is 0.506 e. The quantitative estimate of drug-likeness (QED) is 0.402. The first-order valence-electron chi connectivity index (χ1n) is 11.5. The van der Waals surface area contributed by atoms with E-state index in [-0.39, 0.29) is 29.5 Å². The predicted octanol–water partition coefficient (Wildman–Crippen LogP) is 5.90. The highest BCUT2D eigenvalue weighted by Crippen LogP contribution is 2.58. The molecule has 6 heteroatoms. The van der Waals surface area contributed by atoms with Crippen LogP contribution in [-0.4, -0.2) is 15.9 Å². The fourth-order valence-electron chi connectivity index (χ4n) is 6.24. The predicted molar refractivity (Wildman–Crippen MR) is 134 cm³/mol. The van der Waals surface area contributed by atoms with Crippen LogP contribution >= 0.6 is 23.8 Å². The molecule has 3 N–H and O–H groups in total. The minimum absolute atomic E-state index is 0.0283. The van der Waals surface area contributed by atoms with E-state index in [2.05, 4.69) is 59.2 Å². The van der Waals surface area contributed by atoms with Crippen LogP contribution in [0.2, 0.25) is 5.02 Å². The standard InChI is InChI=1S/C27H25ClN2O2S/c28-21-14-18-23(15-22(21)31)32-27-19(24(18)16-8-3-1-4-9-16)12-7-13-20(27)25(29-26(33)30-27)17-10-5-2-6-11-17/h1-6,8-11,14-15,19-20,24-25,31H,7,12-13H2,(H2,29,30,33). The van der Waals surface area contributed by atoms with Crippen molar-refractivity contribution in [2.75, 3.05) is 0 Å². The van der Waals surface area contributed by atoms with Gasteiger partial charge < -0.3 is 20.5 Å². The molecular weight excluding hydrogens is 452 g/mol. The first kappa shape index (κ1) is 20.8. The number of ether oxygens (including phenoxy) is 1. The number of halogens is 1. The van der Waals surface area contributed by atoms with Crippen molar-refractivity contribution >= 4 is 28.9 Å². The van der Waals surface area contributed by atoms with Crippen LogP contribution in [0.5, 0.6) is 11.5 Å². The maximum atomic E-state index is 10.4. The van der Waals surface area contributed by atoms with Crippen LogP contribution < -0.4 is 15.4 Å². The van der Waals surface area contributed by atoms with Gasteiger partial charge in [0.15, 0.2) is 10.8 Å². The summed E-state index contributed by atoms with van der Waals surface area (Å²) in [5.41, 5.74) is 2.75. The highest BCUT2D eigenvalue weighted by atomic mass is 35.5. The van der Waals surface area contributed by atoms with Crippen molar-refractivity contribution in [1.29, 1.82) is 0 Å². The van der Waals surface area contributed by atoms with Crippen LogP contribution in [0, 0.1) is 11.8 Å². The number of phenols is 1. The van der Waals surface area contributed by atoms with E-state index in [0.29, 0.717) is 15.9 Å². The van der Waals surface area contributed by atoms with Crippen molar-refractivity contribution in [1.82, 2.24) is 10.6 Å². The van der Waals surface area contributed by atoms with E-state index >= 15 is 0 Å². The Kier molecular flexibility index (Phi) is 5.00. The topological polar surface area (TPSA) is 53.5 Å². The number of rotatable bonds is 2. The molecule has 1 saturated heterocycles. The van der Waals surface area contributed by atoms with Gasteiger partial charge in [0.25, 0.3) is 0 Å². The van der Waals surface area contributed by atoms with Crippen LogP contribution in [0.3, 0.4) is 0 Å². The number of hydrogen-bond donors (Lipinski definition) is 3. The second-order valence-electron chi connectivity index (χ2n) is 9.26. The van der Waals surface area contributed by atoms with E-state index in [9.17, 15) is 5.11 Å². The normalized spacial score (nSPS) is 30.0. The molecule has 0 radical (unpaired) electrons. The molecule has 0 aromatic heterocycles. The van der Waals surface area contributed by atoms with Crippen molar-refractivity contribution in [2.45, 2.75) is 36.9 Å². The molecule has 6 rings (SSSR count). The number of aromatic hydroxyl groups is 1. The van der Waals surface area contributed by atoms with Gasteiger partial charge in [0.2, 0.25) is 0 Å². The van der Waals surface area contributed by atoms with Crippen LogP contribution in [0.4, 0.5) is 0 Å². The van der Waals surface area contributed by atoms with Gasteiger partial charge in [-0.3, -0.25) is 0 Å². The maximum absolute atomic E-state index is 10.4. The fraction of sp³-hybridized carbons (Fsp3) is 0.296. The SMILES string of the molecule is Oc1cc2c(cc1Cl)C(c1ccccc1)C1CCCC3C(c4ccccc4)NC(=S)NC31O2. The van der Waals surface area contributed by atoms with Crippen molar-refractivity contribution in [3.63, 3.8) is 0 Å². The maximum Gasteiger partial charge on any atom is 0.191 e. The molecular formula is C27H25ClN2O2S. The minimum atomic E-state index is -0.686. The van der Waals surface area contributed by atoms with Crippen molar-refractivity contribution in [3.8, 4) is 11.5 Å². The Labute approximate surface area is 203 Å². The van der Waals surface area contributed by atoms with Crippen molar-refractivity contribution in [2.24, 2.45) is 11.8 Å². The smallest absolute Gasteiger partial charge is 0.191 e. The Morgan fingerprint density at radius 3 is 2.33 bits per heavy atom. The van der Waals surface area contributed by atoms with Gasteiger partial charge >= 0.3 is 0 Å². The van der Waals surface area contributed by atoms with Crippen LogP contribution in [-0.2, 0) is 0 Å². The number of nitrogens with one attached hydrogen (secondary N) is 2. The molecule has 2 heterocycles. The summed E-state index contributed by atoms with van der Waals surface area (Å²) in [6.07, 6.45) is 3.12. The highest BCUT2D eigenvalue weighted by Gasteiger charge is 2.60. The molecule has 1 saturated carbocycles. The molecule has 0 bridgehead atoms. The summed E-state index contributed by atoms with van der Waals surface area (Å²) in [4.78, 5) is 0. The summed E-state index contributed by atoms with van der Waals surface area (Å²) in [6.45, 7) is 0. The molecule has 4 nitrogen and oxygen atoms in total. The van der Waals surface area contributed by atoms with E-state index in [1.807, 2.05) is 18.2 Å². The van der Waals surface area contributed by atoms with Crippen LogP contribution in [0.25, 0.3) is 0 Å². The van der Waals surface area contributed by atoms with E-state index in [1.54, 1.807) is 6.07 Å². The molecule has 5 unspecified atom stereocenters. The van der Waals surface area contributed by atoms with Gasteiger partial charge in [0, 0.05) is 29.4 Å². The summed E-state index contributed by atoms with van der Waals surface area (Å²) in [7, 11) is 0. The monoisotopic (exact) mass is 476 g/mol. The van der Waals surface area contributed by atoms with Gasteiger partial charge in [0.1, 0.15) is 11.5 Å². The number of phenolic OH excluding ortho intramolecular Hbond substituents is 1. The fourth-order valence-corrected chi connectivity index (χ4v) is 6.70. The number of thiocarbonyl (C=S) groups is 1. The zero-order chi connectivity index (χ0) is 22.6. The van der Waals surface area contributed by atoms with Gasteiger partial charge in [-0.25, -0.2) is 0 Å². The third-order valence-electron chi connectivity index (χ3n) is 7.54. The average molecular weight is 477 g/mol. The molecule has 33 heavy (non-hydrogen) atoms. The Bertz CT molecular complexity index is 1210. The Morgan fingerprint density at radius 2 is 1.61 bits per heavy atom. The van der Waals surface area contributed by atoms with E-state index in [4.69, 9.17) is 28.6 Å². The molecule has 1 spiro atoms. The van der Waals surface area contributed by atoms with Crippen LogP contribution in [0.1, 0.15) is 47.9 Å². The van der Waals surface area contributed by atoms with Gasteiger partial charge in [-0.05, 0) is 42.3 Å². The molecule has 3 aliphatic rings. The van der Waals surface area contributed by atoms with Crippen molar-refractivity contribution in [3.05, 3.63) is 94.5 Å². The summed E-state index contributed by atoms with van der Waals surface area (Å²) >= 11 is 12.1. The Hall–Kier alpha value is -2.76. The highest BCUT2D eigenvalue weighted by molar-refractivity contribution is 7.80. The van der Waals surface area contributed by atoms with E-state index in [0.717, 1.165) is 24.8 Å². The summed E-state index contributed by atoms with van der Waals surface area (Å²) in [5.74, 6) is 1.07. The number of hydrogen-bond acceptors (Lipinski definition) is 3. The number of benzene rings is 3. The molecule has 5 atom stereocenters. The Morgan fingerprint density at radius 1 is 0.939 bits per heavy atom. The summed E-state index contributed by atoms with van der Waals surface area (Å²) in [5, 5.41) is 18.5. The van der Waals surface area contributed by atoms with Gasteiger partial charge in [0.05, 0.1) is 11.1 Å². The first-order chi connectivity index (χ1) is 16.1. The molecule has 2 fully saturated rings. The minimum Gasteiger partial charge on any atom is -0.506 e. The van der Waals surface area contributed by atoms with Crippen molar-refractivity contribution < 1.29 is 9.84 Å². The van der Waals surface area contributed by atoms with Gasteiger partial charge in [-0.2, -0.15) is 0 Å². The number of fused-ring (bicyclic) bond motifs is 1. The lowest BCUT2D eigenvalue weighted by Gasteiger charge is -2.59. The first-order valence-corrected chi connectivity index (χ1v) is 12.3. The molecule has 3 aromatic rings. The third kappa shape index (κ3) is 3.29. The summed E-state index contributed by atoms with van der Waals surface area (Å²) < 4.78 is 6.88. The third-order valence-corrected chi connectivity index (χ3v) is 8.07. The average Bonchev–Trinajstić information content (AvgIpc) is 2.83. The van der Waals surface area contributed by atoms with E-state index < -0.39 is 5.72 Å². The Balaban J connectivity index is 1.55. The zero-order valence-electron chi connectivity index (χ0n) is 18.0. The molecule has 3 aromatic carbocycles.